The van der Waals surface area contributed by atoms with Gasteiger partial charge in [-0.05, 0) is 30.4 Å². The van der Waals surface area contributed by atoms with E-state index in [9.17, 15) is 4.79 Å². The van der Waals surface area contributed by atoms with Gasteiger partial charge in [-0.2, -0.15) is 11.8 Å². The Hall–Kier alpha value is -0.220. The predicted molar refractivity (Wildman–Crippen MR) is 77.8 cm³/mol. The topological polar surface area (TPSA) is 40.5 Å². The molecule has 0 unspecified atom stereocenters. The molecule has 0 heterocycles. The second-order valence-electron chi connectivity index (χ2n) is 5.64. The molecule has 1 fully saturated rings. The highest BCUT2D eigenvalue weighted by molar-refractivity contribution is 7.99. The zero-order valence-electron chi connectivity index (χ0n) is 11.9. The van der Waals surface area contributed by atoms with E-state index >= 15 is 0 Å². The molecule has 0 saturated heterocycles. The molecule has 1 aliphatic rings. The van der Waals surface area contributed by atoms with Gasteiger partial charge in [-0.3, -0.25) is 4.79 Å². The van der Waals surface area contributed by atoms with Gasteiger partial charge >= 0.3 is 0 Å². The average Bonchev–Trinajstić information content (AvgIpc) is 2.38. The van der Waals surface area contributed by atoms with Crippen molar-refractivity contribution in [3.05, 3.63) is 0 Å². The fraction of sp³-hybridized carbons (Fsp3) is 0.929. The molecule has 0 bridgehead atoms. The molecule has 18 heavy (non-hydrogen) atoms. The van der Waals surface area contributed by atoms with Crippen LogP contribution in [0.15, 0.2) is 0 Å². The Morgan fingerprint density at radius 3 is 2.72 bits per heavy atom. The van der Waals surface area contributed by atoms with Crippen molar-refractivity contribution in [1.29, 1.82) is 0 Å². The molecule has 0 spiro atoms. The van der Waals surface area contributed by atoms with Crippen molar-refractivity contribution < 1.29 is 9.90 Å². The number of aliphatic hydroxyl groups excluding tert-OH is 1. The quantitative estimate of drug-likeness (QED) is 0.808. The summed E-state index contributed by atoms with van der Waals surface area (Å²) in [5, 5.41) is 8.94. The lowest BCUT2D eigenvalue weighted by Gasteiger charge is -2.36. The summed E-state index contributed by atoms with van der Waals surface area (Å²) in [5.74, 6) is 2.56. The molecule has 1 saturated carbocycles. The summed E-state index contributed by atoms with van der Waals surface area (Å²) < 4.78 is 0. The van der Waals surface area contributed by atoms with Crippen molar-refractivity contribution in [3.63, 3.8) is 0 Å². The lowest BCUT2D eigenvalue weighted by molar-refractivity contribution is -0.130. The van der Waals surface area contributed by atoms with E-state index in [1.54, 1.807) is 11.8 Å². The zero-order valence-corrected chi connectivity index (χ0v) is 12.7. The third-order valence-electron chi connectivity index (χ3n) is 3.90. The minimum atomic E-state index is 0.205. The monoisotopic (exact) mass is 273 g/mol. The predicted octanol–water partition coefficient (Wildman–Crippen LogP) is 2.39. The Balaban J connectivity index is 2.31. The second-order valence-corrected chi connectivity index (χ2v) is 6.67. The summed E-state index contributed by atoms with van der Waals surface area (Å²) >= 11 is 1.64. The second kappa shape index (κ2) is 8.05. The number of hydrogen-bond acceptors (Lipinski definition) is 3. The molecule has 3 nitrogen and oxygen atoms in total. The van der Waals surface area contributed by atoms with Crippen molar-refractivity contribution in [1.82, 2.24) is 4.90 Å². The number of carbonyl (C=O) groups is 1. The third kappa shape index (κ3) is 4.81. The van der Waals surface area contributed by atoms with Crippen molar-refractivity contribution in [2.45, 2.75) is 45.6 Å². The molecule has 106 valence electrons. The van der Waals surface area contributed by atoms with Crippen LogP contribution >= 0.6 is 11.8 Å². The molecular formula is C14H27NO2S. The molecule has 0 aromatic carbocycles. The van der Waals surface area contributed by atoms with E-state index in [0.29, 0.717) is 17.7 Å². The summed E-state index contributed by atoms with van der Waals surface area (Å²) in [5.41, 5.74) is 0. The van der Waals surface area contributed by atoms with E-state index in [0.717, 1.165) is 12.2 Å². The third-order valence-corrected chi connectivity index (χ3v) is 5.15. The molecule has 0 aromatic rings. The molecule has 1 rings (SSSR count). The maximum Gasteiger partial charge on any atom is 0.232 e. The van der Waals surface area contributed by atoms with Gasteiger partial charge in [0.05, 0.1) is 5.75 Å². The number of nitrogens with zero attached hydrogens (tertiary/aromatic N) is 1. The smallest absolute Gasteiger partial charge is 0.232 e. The summed E-state index contributed by atoms with van der Waals surface area (Å²) in [4.78, 5) is 14.1. The van der Waals surface area contributed by atoms with E-state index in [2.05, 4.69) is 6.92 Å². The Bertz CT molecular complexity index is 260. The van der Waals surface area contributed by atoms with E-state index in [4.69, 9.17) is 5.11 Å². The maximum absolute atomic E-state index is 12.1. The van der Waals surface area contributed by atoms with Crippen LogP contribution in [0.4, 0.5) is 0 Å². The van der Waals surface area contributed by atoms with Gasteiger partial charge in [-0.25, -0.2) is 0 Å². The SMILES string of the molecule is C[C@H](CO)CSCC(=O)N(C)[C@H]1CCCC[C@@H]1C. The summed E-state index contributed by atoms with van der Waals surface area (Å²) in [6.07, 6.45) is 4.96. The molecule has 4 heteroatoms. The van der Waals surface area contributed by atoms with Gasteiger partial charge in [0.2, 0.25) is 5.91 Å². The standard InChI is InChI=1S/C14H27NO2S/c1-11(8-16)9-18-10-14(17)15(3)13-7-5-4-6-12(13)2/h11-13,16H,4-10H2,1-3H3/t11-,12+,13+/m1/s1. The highest BCUT2D eigenvalue weighted by atomic mass is 32.2. The van der Waals surface area contributed by atoms with Crippen molar-refractivity contribution in [2.75, 3.05) is 25.2 Å². The van der Waals surface area contributed by atoms with E-state index in [-0.39, 0.29) is 18.4 Å². The summed E-state index contributed by atoms with van der Waals surface area (Å²) in [6, 6.07) is 0.433. The van der Waals surface area contributed by atoms with Gasteiger partial charge in [-0.15, -0.1) is 0 Å². The number of hydrogen-bond donors (Lipinski definition) is 1. The van der Waals surface area contributed by atoms with E-state index < -0.39 is 0 Å². The molecule has 3 atom stereocenters. The Kier molecular flexibility index (Phi) is 7.08. The molecule has 0 aromatic heterocycles. The van der Waals surface area contributed by atoms with Gasteiger partial charge in [0.25, 0.3) is 0 Å². The first-order valence-electron chi connectivity index (χ1n) is 7.00. The molecule has 1 amide bonds. The van der Waals surface area contributed by atoms with Gasteiger partial charge < -0.3 is 10.0 Å². The van der Waals surface area contributed by atoms with Crippen LogP contribution in [-0.4, -0.2) is 47.1 Å². The molecule has 1 aliphatic carbocycles. The Labute approximate surface area is 115 Å². The number of amides is 1. The minimum absolute atomic E-state index is 0.205. The highest BCUT2D eigenvalue weighted by Crippen LogP contribution is 2.27. The van der Waals surface area contributed by atoms with Crippen LogP contribution in [0, 0.1) is 11.8 Å². The number of thioether (sulfide) groups is 1. The van der Waals surface area contributed by atoms with Gasteiger partial charge in [0.1, 0.15) is 0 Å². The molecular weight excluding hydrogens is 246 g/mol. The summed E-state index contributed by atoms with van der Waals surface area (Å²) in [7, 11) is 1.95. The van der Waals surface area contributed by atoms with Crippen molar-refractivity contribution in [2.24, 2.45) is 11.8 Å². The number of aliphatic hydroxyl groups is 1. The minimum Gasteiger partial charge on any atom is -0.396 e. The van der Waals surface area contributed by atoms with E-state index in [1.807, 2.05) is 18.9 Å². The normalized spacial score (nSPS) is 25.8. The van der Waals surface area contributed by atoms with Crippen LogP contribution in [0.1, 0.15) is 39.5 Å². The number of carbonyl (C=O) groups excluding carboxylic acids is 1. The molecule has 0 aliphatic heterocycles. The Morgan fingerprint density at radius 2 is 2.11 bits per heavy atom. The summed E-state index contributed by atoms with van der Waals surface area (Å²) in [6.45, 7) is 4.47. The van der Waals surface area contributed by atoms with Gasteiger partial charge in [-0.1, -0.05) is 26.7 Å². The maximum atomic E-state index is 12.1. The van der Waals surface area contributed by atoms with Crippen LogP contribution in [0.25, 0.3) is 0 Å². The number of rotatable bonds is 6. The fourth-order valence-electron chi connectivity index (χ4n) is 2.56. The van der Waals surface area contributed by atoms with E-state index in [1.165, 1.54) is 19.3 Å². The first kappa shape index (κ1) is 15.8. The lowest BCUT2D eigenvalue weighted by Crippen LogP contribution is -2.43. The highest BCUT2D eigenvalue weighted by Gasteiger charge is 2.27. The van der Waals surface area contributed by atoms with Crippen molar-refractivity contribution in [3.8, 4) is 0 Å². The molecule has 1 N–H and O–H groups in total. The average molecular weight is 273 g/mol. The first-order valence-corrected chi connectivity index (χ1v) is 8.16. The fourth-order valence-corrected chi connectivity index (χ4v) is 3.56. The first-order chi connectivity index (χ1) is 8.56. The van der Waals surface area contributed by atoms with Crippen LogP contribution in [0.5, 0.6) is 0 Å². The zero-order chi connectivity index (χ0) is 13.5. The van der Waals surface area contributed by atoms with Crippen LogP contribution in [0.2, 0.25) is 0 Å². The van der Waals surface area contributed by atoms with Crippen LogP contribution in [-0.2, 0) is 4.79 Å². The van der Waals surface area contributed by atoms with Crippen LogP contribution < -0.4 is 0 Å². The largest absolute Gasteiger partial charge is 0.396 e. The van der Waals surface area contributed by atoms with Crippen LogP contribution in [0.3, 0.4) is 0 Å². The van der Waals surface area contributed by atoms with Crippen molar-refractivity contribution >= 4 is 17.7 Å². The van der Waals surface area contributed by atoms with Gasteiger partial charge in [0.15, 0.2) is 0 Å². The van der Waals surface area contributed by atoms with Gasteiger partial charge in [0, 0.05) is 19.7 Å². The lowest BCUT2D eigenvalue weighted by atomic mass is 9.85. The molecule has 0 radical (unpaired) electrons. The Morgan fingerprint density at radius 1 is 1.44 bits per heavy atom.